The summed E-state index contributed by atoms with van der Waals surface area (Å²) < 4.78 is 5.78. The van der Waals surface area contributed by atoms with E-state index in [0.29, 0.717) is 12.3 Å². The van der Waals surface area contributed by atoms with E-state index in [0.717, 1.165) is 48.5 Å². The van der Waals surface area contributed by atoms with Crippen LogP contribution in [0.3, 0.4) is 0 Å². The fourth-order valence-electron chi connectivity index (χ4n) is 6.64. The highest BCUT2D eigenvalue weighted by Gasteiger charge is 2.56. The highest BCUT2D eigenvalue weighted by atomic mass is 16.3. The van der Waals surface area contributed by atoms with Crippen LogP contribution in [0, 0.1) is 23.2 Å². The number of anilines is 1. The Morgan fingerprint density at radius 1 is 1.07 bits per heavy atom. The van der Waals surface area contributed by atoms with Gasteiger partial charge in [-0.2, -0.15) is 0 Å². The molecule has 28 heavy (non-hydrogen) atoms. The van der Waals surface area contributed by atoms with E-state index in [4.69, 9.17) is 4.42 Å². The first-order valence-electron chi connectivity index (χ1n) is 10.7. The molecule has 0 N–H and O–H groups in total. The van der Waals surface area contributed by atoms with Gasteiger partial charge in [0.25, 0.3) is 0 Å². The van der Waals surface area contributed by atoms with Gasteiger partial charge in [0.15, 0.2) is 0 Å². The predicted octanol–water partition coefficient (Wildman–Crippen LogP) is 6.15. The van der Waals surface area contributed by atoms with Gasteiger partial charge >= 0.3 is 0 Å². The van der Waals surface area contributed by atoms with Crippen LogP contribution in [0.1, 0.15) is 56.7 Å². The van der Waals surface area contributed by atoms with Crippen molar-refractivity contribution in [2.45, 2.75) is 51.0 Å². The molecule has 1 atom stereocenters. The highest BCUT2D eigenvalue weighted by Crippen LogP contribution is 2.61. The normalized spacial score (nSPS) is 31.5. The van der Waals surface area contributed by atoms with E-state index in [-0.39, 0.29) is 11.5 Å². The van der Waals surface area contributed by atoms with Crippen molar-refractivity contribution in [1.82, 2.24) is 0 Å². The second kappa shape index (κ2) is 6.95. The topological polar surface area (TPSA) is 33.5 Å². The van der Waals surface area contributed by atoms with E-state index < -0.39 is 0 Å². The lowest BCUT2D eigenvalue weighted by Gasteiger charge is -2.57. The molecule has 4 aliphatic rings. The molecule has 4 bridgehead atoms. The third kappa shape index (κ3) is 2.92. The van der Waals surface area contributed by atoms with Gasteiger partial charge in [0, 0.05) is 5.69 Å². The third-order valence-electron chi connectivity index (χ3n) is 7.32. The first-order valence-corrected chi connectivity index (χ1v) is 10.7. The maximum atomic E-state index is 14.3. The fraction of sp³-hybridized carbons (Fsp3) is 0.480. The summed E-state index contributed by atoms with van der Waals surface area (Å²) >= 11 is 0. The van der Waals surface area contributed by atoms with Crippen molar-refractivity contribution < 1.29 is 9.21 Å². The molecule has 6 rings (SSSR count). The molecular formula is C25H29NO2. The van der Waals surface area contributed by atoms with Crippen LogP contribution >= 0.6 is 0 Å². The minimum absolute atomic E-state index is 0.143. The number of carbonyl (C=O) groups excluding carboxylic acids is 1. The minimum atomic E-state index is -0.184. The van der Waals surface area contributed by atoms with Gasteiger partial charge in [-0.25, -0.2) is 0 Å². The van der Waals surface area contributed by atoms with Gasteiger partial charge in [-0.05, 0) is 87.0 Å². The van der Waals surface area contributed by atoms with Crippen molar-refractivity contribution in [3.05, 3.63) is 67.1 Å². The second-order valence-electron chi connectivity index (χ2n) is 9.26. The lowest BCUT2D eigenvalue weighted by Crippen LogP contribution is -2.55. The smallest absolute Gasteiger partial charge is 0.233 e. The van der Waals surface area contributed by atoms with E-state index in [2.05, 4.69) is 18.7 Å². The molecule has 0 saturated heterocycles. The maximum absolute atomic E-state index is 14.3. The molecule has 0 aliphatic heterocycles. The van der Waals surface area contributed by atoms with E-state index in [1.54, 1.807) is 6.26 Å². The monoisotopic (exact) mass is 375 g/mol. The number of amides is 1. The quantitative estimate of drug-likeness (QED) is 0.568. The molecule has 146 valence electrons. The summed E-state index contributed by atoms with van der Waals surface area (Å²) in [5, 5.41) is 0. The second-order valence-corrected chi connectivity index (χ2v) is 9.26. The molecule has 1 unspecified atom stereocenters. The van der Waals surface area contributed by atoms with Crippen molar-refractivity contribution in [3.8, 4) is 0 Å². The van der Waals surface area contributed by atoms with Crippen molar-refractivity contribution in [1.29, 1.82) is 0 Å². The third-order valence-corrected chi connectivity index (χ3v) is 7.32. The van der Waals surface area contributed by atoms with Gasteiger partial charge in [0.05, 0.1) is 17.7 Å². The molecule has 1 aromatic heterocycles. The van der Waals surface area contributed by atoms with Gasteiger partial charge in [-0.15, -0.1) is 6.58 Å². The van der Waals surface area contributed by atoms with Crippen LogP contribution in [0.15, 0.2) is 65.8 Å². The van der Waals surface area contributed by atoms with E-state index in [9.17, 15) is 4.79 Å². The van der Waals surface area contributed by atoms with Gasteiger partial charge in [-0.3, -0.25) is 4.79 Å². The molecule has 4 aliphatic carbocycles. The number of rotatable bonds is 6. The van der Waals surface area contributed by atoms with Crippen LogP contribution in [0.2, 0.25) is 0 Å². The lowest BCUT2D eigenvalue weighted by atomic mass is 9.49. The van der Waals surface area contributed by atoms with E-state index in [1.165, 1.54) is 19.3 Å². The van der Waals surface area contributed by atoms with Gasteiger partial charge in [0.1, 0.15) is 5.76 Å². The van der Waals surface area contributed by atoms with Crippen LogP contribution in [-0.2, 0) is 4.79 Å². The summed E-state index contributed by atoms with van der Waals surface area (Å²) in [5.74, 6) is 3.38. The number of para-hydroxylation sites is 1. The van der Waals surface area contributed by atoms with Crippen LogP contribution in [-0.4, -0.2) is 5.91 Å². The zero-order valence-corrected chi connectivity index (χ0v) is 16.4. The zero-order valence-electron chi connectivity index (χ0n) is 16.4. The Morgan fingerprint density at radius 3 is 2.25 bits per heavy atom. The Kier molecular flexibility index (Phi) is 4.41. The molecule has 4 fully saturated rings. The first-order chi connectivity index (χ1) is 13.7. The van der Waals surface area contributed by atoms with Crippen LogP contribution in [0.25, 0.3) is 0 Å². The number of benzene rings is 1. The highest BCUT2D eigenvalue weighted by molar-refractivity contribution is 5.98. The van der Waals surface area contributed by atoms with Crippen molar-refractivity contribution in [2.24, 2.45) is 23.2 Å². The van der Waals surface area contributed by atoms with Gasteiger partial charge < -0.3 is 9.32 Å². The molecule has 3 nitrogen and oxygen atoms in total. The molecule has 3 heteroatoms. The number of carbonyl (C=O) groups is 1. The molecule has 2 aromatic rings. The summed E-state index contributed by atoms with van der Waals surface area (Å²) in [4.78, 5) is 16.3. The summed E-state index contributed by atoms with van der Waals surface area (Å²) in [6.45, 7) is 3.96. The van der Waals surface area contributed by atoms with Crippen molar-refractivity contribution in [3.63, 3.8) is 0 Å². The maximum Gasteiger partial charge on any atom is 0.233 e. The summed E-state index contributed by atoms with van der Waals surface area (Å²) in [6.07, 6.45) is 11.5. The zero-order chi connectivity index (χ0) is 19.1. The van der Waals surface area contributed by atoms with Crippen LogP contribution in [0.4, 0.5) is 5.69 Å². The molecule has 0 radical (unpaired) electrons. The summed E-state index contributed by atoms with van der Waals surface area (Å²) in [7, 11) is 0. The van der Waals surface area contributed by atoms with Crippen molar-refractivity contribution >= 4 is 11.6 Å². The van der Waals surface area contributed by atoms with Gasteiger partial charge in [0.2, 0.25) is 5.91 Å². The van der Waals surface area contributed by atoms with Gasteiger partial charge in [-0.1, -0.05) is 24.3 Å². The minimum Gasteiger partial charge on any atom is -0.467 e. The summed E-state index contributed by atoms with van der Waals surface area (Å²) in [5.41, 5.74) is 0.780. The summed E-state index contributed by atoms with van der Waals surface area (Å²) in [6, 6.07) is 13.9. The number of furan rings is 1. The average Bonchev–Trinajstić information content (AvgIpc) is 3.22. The number of nitrogens with zero attached hydrogens (tertiary/aromatic N) is 1. The predicted molar refractivity (Wildman–Crippen MR) is 111 cm³/mol. The van der Waals surface area contributed by atoms with E-state index in [1.807, 2.05) is 41.3 Å². The Morgan fingerprint density at radius 2 is 1.71 bits per heavy atom. The number of hydrogen-bond acceptors (Lipinski definition) is 2. The lowest BCUT2D eigenvalue weighted by molar-refractivity contribution is -0.144. The fourth-order valence-corrected chi connectivity index (χ4v) is 6.64. The molecular weight excluding hydrogens is 346 g/mol. The Bertz CT molecular complexity index is 803. The van der Waals surface area contributed by atoms with Crippen LogP contribution < -0.4 is 4.90 Å². The van der Waals surface area contributed by atoms with E-state index >= 15 is 0 Å². The molecule has 1 heterocycles. The van der Waals surface area contributed by atoms with Crippen LogP contribution in [0.5, 0.6) is 0 Å². The Balaban J connectivity index is 1.56. The molecule has 1 amide bonds. The molecule has 4 saturated carbocycles. The molecule has 0 spiro atoms. The van der Waals surface area contributed by atoms with Crippen molar-refractivity contribution in [2.75, 3.05) is 4.90 Å². The largest absolute Gasteiger partial charge is 0.467 e. The SMILES string of the molecule is C=CCC(c1ccco1)N(C(=O)C12CC3CC(CC(C3)C1)C2)c1ccccc1. The Labute approximate surface area is 167 Å². The molecule has 1 aromatic carbocycles. The number of hydrogen-bond donors (Lipinski definition) is 0. The Hall–Kier alpha value is -2.29. The standard InChI is InChI=1S/C25H29NO2/c1-2-7-22(23-10-6-11-28-23)26(21-8-4-3-5-9-21)24(27)25-15-18-12-19(16-25)14-20(13-18)17-25/h2-6,8-11,18-20,22H,1,7,12-17H2. The average molecular weight is 376 g/mol. The first kappa shape index (κ1) is 17.8.